The average Bonchev–Trinajstić information content (AvgIpc) is 2.93. The molecule has 0 fully saturated rings. The molecule has 3 heterocycles. The van der Waals surface area contributed by atoms with Gasteiger partial charge in [-0.2, -0.15) is 0 Å². The molecule has 0 radical (unpaired) electrons. The topological polar surface area (TPSA) is 46.9 Å². The third-order valence-electron chi connectivity index (χ3n) is 3.61. The Balaban J connectivity index is 1.57. The van der Waals surface area contributed by atoms with E-state index in [0.717, 1.165) is 35.8 Å². The fraction of sp³-hybridized carbons (Fsp3) is 0.467. The minimum atomic E-state index is 0.122. The number of carbonyl (C=O) groups is 1. The number of amides is 1. The Morgan fingerprint density at radius 2 is 2.35 bits per heavy atom. The molecule has 4 nitrogen and oxygen atoms in total. The molecule has 1 atom stereocenters. The molecule has 106 valence electrons. The first-order valence-corrected chi connectivity index (χ1v) is 7.79. The van der Waals surface area contributed by atoms with Crippen molar-refractivity contribution < 1.29 is 4.79 Å². The van der Waals surface area contributed by atoms with Crippen LogP contribution in [0, 0.1) is 13.8 Å². The number of aryl methyl sites for hydroxylation is 3. The summed E-state index contributed by atoms with van der Waals surface area (Å²) in [5.74, 6) is 1.26. The molecule has 1 unspecified atom stereocenters. The van der Waals surface area contributed by atoms with Crippen LogP contribution in [-0.4, -0.2) is 21.5 Å². The average molecular weight is 289 g/mol. The van der Waals surface area contributed by atoms with Crippen molar-refractivity contribution in [2.24, 2.45) is 0 Å². The lowest BCUT2D eigenvalue weighted by molar-refractivity contribution is -0.121. The van der Waals surface area contributed by atoms with Crippen LogP contribution in [0.25, 0.3) is 0 Å². The summed E-state index contributed by atoms with van der Waals surface area (Å²) >= 11 is 1.69. The SMILES string of the molecule is Cc1cn2c(n1)CCC(NC(=O)Cc1ccc(C)s1)C2. The van der Waals surface area contributed by atoms with E-state index in [9.17, 15) is 4.79 Å². The molecule has 20 heavy (non-hydrogen) atoms. The summed E-state index contributed by atoms with van der Waals surface area (Å²) in [5.41, 5.74) is 1.06. The highest BCUT2D eigenvalue weighted by Gasteiger charge is 2.21. The number of nitrogens with zero attached hydrogens (tertiary/aromatic N) is 2. The zero-order valence-corrected chi connectivity index (χ0v) is 12.7. The molecule has 5 heteroatoms. The maximum absolute atomic E-state index is 12.1. The van der Waals surface area contributed by atoms with Crippen molar-refractivity contribution in [2.75, 3.05) is 0 Å². The van der Waals surface area contributed by atoms with Gasteiger partial charge in [-0.15, -0.1) is 11.3 Å². The van der Waals surface area contributed by atoms with Crippen molar-refractivity contribution in [3.8, 4) is 0 Å². The summed E-state index contributed by atoms with van der Waals surface area (Å²) in [5, 5.41) is 3.15. The minimum Gasteiger partial charge on any atom is -0.351 e. The van der Waals surface area contributed by atoms with Crippen LogP contribution in [0.5, 0.6) is 0 Å². The molecule has 0 saturated carbocycles. The monoisotopic (exact) mass is 289 g/mol. The van der Waals surface area contributed by atoms with Crippen molar-refractivity contribution in [3.05, 3.63) is 39.6 Å². The van der Waals surface area contributed by atoms with Gasteiger partial charge in [0.2, 0.25) is 5.91 Å². The molecule has 0 aliphatic carbocycles. The first-order chi connectivity index (χ1) is 9.60. The number of carbonyl (C=O) groups excluding carboxylic acids is 1. The number of thiophene rings is 1. The molecule has 2 aromatic rings. The van der Waals surface area contributed by atoms with Gasteiger partial charge in [-0.05, 0) is 32.4 Å². The lowest BCUT2D eigenvalue weighted by Crippen LogP contribution is -2.41. The summed E-state index contributed by atoms with van der Waals surface area (Å²) in [4.78, 5) is 19.0. The third kappa shape index (κ3) is 2.93. The van der Waals surface area contributed by atoms with E-state index in [2.05, 4.69) is 34.1 Å². The Bertz CT molecular complexity index is 629. The van der Waals surface area contributed by atoms with E-state index < -0.39 is 0 Å². The second-order valence-corrected chi connectivity index (χ2v) is 6.82. The maximum atomic E-state index is 12.1. The first-order valence-electron chi connectivity index (χ1n) is 6.97. The third-order valence-corrected chi connectivity index (χ3v) is 4.61. The smallest absolute Gasteiger partial charge is 0.225 e. The Kier molecular flexibility index (Phi) is 3.61. The van der Waals surface area contributed by atoms with E-state index in [1.165, 1.54) is 4.88 Å². The number of rotatable bonds is 3. The van der Waals surface area contributed by atoms with Crippen LogP contribution in [-0.2, 0) is 24.2 Å². The standard InChI is InChI=1S/C15H19N3OS/c1-10-8-18-9-12(4-6-14(18)16-10)17-15(19)7-13-5-3-11(2)20-13/h3,5,8,12H,4,6-7,9H2,1-2H3,(H,17,19). The van der Waals surface area contributed by atoms with Gasteiger partial charge >= 0.3 is 0 Å². The molecule has 0 saturated heterocycles. The van der Waals surface area contributed by atoms with E-state index in [4.69, 9.17) is 0 Å². The van der Waals surface area contributed by atoms with Gasteiger partial charge < -0.3 is 9.88 Å². The van der Waals surface area contributed by atoms with Crippen molar-refractivity contribution in [1.29, 1.82) is 0 Å². The van der Waals surface area contributed by atoms with Crippen LogP contribution in [0.1, 0.15) is 27.7 Å². The molecule has 0 spiro atoms. The fourth-order valence-corrected chi connectivity index (χ4v) is 3.61. The van der Waals surface area contributed by atoms with Crippen LogP contribution in [0.4, 0.5) is 0 Å². The largest absolute Gasteiger partial charge is 0.351 e. The molecule has 2 aromatic heterocycles. The van der Waals surface area contributed by atoms with E-state index >= 15 is 0 Å². The number of hydrogen-bond donors (Lipinski definition) is 1. The van der Waals surface area contributed by atoms with Gasteiger partial charge in [0, 0.05) is 35.0 Å². The van der Waals surface area contributed by atoms with E-state index in [1.54, 1.807) is 11.3 Å². The molecular formula is C15H19N3OS. The van der Waals surface area contributed by atoms with Crippen LogP contribution in [0.15, 0.2) is 18.3 Å². The molecule has 1 N–H and O–H groups in total. The molecule has 1 aliphatic heterocycles. The normalized spacial score (nSPS) is 17.8. The Morgan fingerprint density at radius 1 is 1.50 bits per heavy atom. The van der Waals surface area contributed by atoms with Crippen LogP contribution in [0.2, 0.25) is 0 Å². The fourth-order valence-electron chi connectivity index (χ4n) is 2.72. The summed E-state index contributed by atoms with van der Waals surface area (Å²) in [6, 6.07) is 4.33. The maximum Gasteiger partial charge on any atom is 0.225 e. The molecule has 1 amide bonds. The van der Waals surface area contributed by atoms with E-state index in [1.807, 2.05) is 13.0 Å². The van der Waals surface area contributed by atoms with Crippen LogP contribution < -0.4 is 5.32 Å². The van der Waals surface area contributed by atoms with Crippen LogP contribution >= 0.6 is 11.3 Å². The molecular weight excluding hydrogens is 270 g/mol. The number of hydrogen-bond acceptors (Lipinski definition) is 3. The second kappa shape index (κ2) is 5.40. The highest BCUT2D eigenvalue weighted by atomic mass is 32.1. The van der Waals surface area contributed by atoms with Gasteiger partial charge in [-0.1, -0.05) is 0 Å². The van der Waals surface area contributed by atoms with Crippen molar-refractivity contribution in [2.45, 2.75) is 45.7 Å². The van der Waals surface area contributed by atoms with Gasteiger partial charge in [0.05, 0.1) is 12.1 Å². The molecule has 0 aromatic carbocycles. The highest BCUT2D eigenvalue weighted by molar-refractivity contribution is 7.12. The van der Waals surface area contributed by atoms with Gasteiger partial charge in [0.1, 0.15) is 5.82 Å². The zero-order valence-electron chi connectivity index (χ0n) is 11.8. The van der Waals surface area contributed by atoms with Crippen molar-refractivity contribution in [3.63, 3.8) is 0 Å². The summed E-state index contributed by atoms with van der Waals surface area (Å²) in [6.07, 6.45) is 4.48. The summed E-state index contributed by atoms with van der Waals surface area (Å²) < 4.78 is 2.17. The predicted molar refractivity (Wildman–Crippen MR) is 80.0 cm³/mol. The lowest BCUT2D eigenvalue weighted by atomic mass is 10.1. The quantitative estimate of drug-likeness (QED) is 0.942. The number of nitrogens with one attached hydrogen (secondary N) is 1. The van der Waals surface area contributed by atoms with Gasteiger partial charge in [0.25, 0.3) is 0 Å². The summed E-state index contributed by atoms with van der Waals surface area (Å²) in [6.45, 7) is 4.92. The Morgan fingerprint density at radius 3 is 3.10 bits per heavy atom. The molecule has 0 bridgehead atoms. The number of fused-ring (bicyclic) bond motifs is 1. The highest BCUT2D eigenvalue weighted by Crippen LogP contribution is 2.17. The zero-order chi connectivity index (χ0) is 14.1. The van der Waals surface area contributed by atoms with Gasteiger partial charge in [-0.25, -0.2) is 4.98 Å². The molecule has 1 aliphatic rings. The lowest BCUT2D eigenvalue weighted by Gasteiger charge is -2.24. The Labute approximate surface area is 122 Å². The van der Waals surface area contributed by atoms with E-state index in [-0.39, 0.29) is 11.9 Å². The van der Waals surface area contributed by atoms with E-state index in [0.29, 0.717) is 6.42 Å². The minimum absolute atomic E-state index is 0.122. The second-order valence-electron chi connectivity index (χ2n) is 5.44. The van der Waals surface area contributed by atoms with Gasteiger partial charge in [-0.3, -0.25) is 4.79 Å². The van der Waals surface area contributed by atoms with Crippen molar-refractivity contribution >= 4 is 17.2 Å². The summed E-state index contributed by atoms with van der Waals surface area (Å²) in [7, 11) is 0. The first kappa shape index (κ1) is 13.4. The van der Waals surface area contributed by atoms with Crippen LogP contribution in [0.3, 0.4) is 0 Å². The number of aromatic nitrogens is 2. The predicted octanol–water partition coefficient (Wildman–Crippen LogP) is 2.24. The molecule has 3 rings (SSSR count). The Hall–Kier alpha value is -1.62. The number of imidazole rings is 1. The van der Waals surface area contributed by atoms with Gasteiger partial charge in [0.15, 0.2) is 0 Å². The van der Waals surface area contributed by atoms with Crippen molar-refractivity contribution in [1.82, 2.24) is 14.9 Å².